The molecule has 2 atom stereocenters. The lowest BCUT2D eigenvalue weighted by Gasteiger charge is -2.35. The van der Waals surface area contributed by atoms with Crippen LogP contribution in [0.2, 0.25) is 0 Å². The number of likely N-dealkylation sites (tertiary alicyclic amines) is 1. The topological polar surface area (TPSA) is 97.1 Å². The summed E-state index contributed by atoms with van der Waals surface area (Å²) in [6.07, 6.45) is 0.451. The first-order valence-electron chi connectivity index (χ1n) is 11.8. The van der Waals surface area contributed by atoms with Crippen molar-refractivity contribution < 1.29 is 22.8 Å². The van der Waals surface area contributed by atoms with Gasteiger partial charge in [0.2, 0.25) is 0 Å². The number of fused-ring (bicyclic) bond motifs is 1. The number of hydrogen-bond acceptors (Lipinski definition) is 5. The fourth-order valence-electron chi connectivity index (χ4n) is 4.43. The van der Waals surface area contributed by atoms with Gasteiger partial charge in [-0.15, -0.1) is 0 Å². The third-order valence-corrected chi connectivity index (χ3v) is 6.25. The molecule has 196 valence electrons. The third kappa shape index (κ3) is 6.48. The standard InChI is InChI=1S/C25H28F3N7O2/c1-16-11-33(2)8-6-19(16)32-23(36)18-9-17(5-4-7-29-24(37)20-12-34(3)14-30-20)10-21-22(18)31-15-35(21)13-25(26,27)28/h9-10,12,14-16,19H,6-8,11,13H2,1-3H3,(H,29,37)(H,32,36)/t16-,19-/m0/s1. The van der Waals surface area contributed by atoms with E-state index in [1.165, 1.54) is 18.5 Å². The number of nitrogens with zero attached hydrogens (tertiary/aromatic N) is 5. The molecule has 1 aromatic carbocycles. The van der Waals surface area contributed by atoms with Gasteiger partial charge in [0.05, 0.1) is 30.3 Å². The van der Waals surface area contributed by atoms with E-state index in [0.29, 0.717) is 5.56 Å². The van der Waals surface area contributed by atoms with Crippen LogP contribution >= 0.6 is 0 Å². The van der Waals surface area contributed by atoms with Crippen molar-refractivity contribution >= 4 is 22.8 Å². The number of carbonyl (C=O) groups excluding carboxylic acids is 2. The summed E-state index contributed by atoms with van der Waals surface area (Å²) in [5.74, 6) is 5.04. The van der Waals surface area contributed by atoms with Gasteiger partial charge in [-0.3, -0.25) is 9.59 Å². The zero-order chi connectivity index (χ0) is 26.7. The van der Waals surface area contributed by atoms with Gasteiger partial charge in [0.25, 0.3) is 11.8 Å². The van der Waals surface area contributed by atoms with Crippen LogP contribution in [-0.4, -0.2) is 74.7 Å². The summed E-state index contributed by atoms with van der Waals surface area (Å²) < 4.78 is 42.0. The molecule has 2 N–H and O–H groups in total. The fourth-order valence-corrected chi connectivity index (χ4v) is 4.43. The summed E-state index contributed by atoms with van der Waals surface area (Å²) in [5, 5.41) is 5.65. The summed E-state index contributed by atoms with van der Waals surface area (Å²) in [4.78, 5) is 35.7. The number of imidazole rings is 2. The zero-order valence-corrected chi connectivity index (χ0v) is 20.8. The first-order valence-corrected chi connectivity index (χ1v) is 11.8. The Hall–Kier alpha value is -3.85. The first-order chi connectivity index (χ1) is 17.5. The van der Waals surface area contributed by atoms with Crippen molar-refractivity contribution in [1.82, 2.24) is 34.6 Å². The minimum absolute atomic E-state index is 0.0100. The van der Waals surface area contributed by atoms with Crippen LogP contribution in [0.5, 0.6) is 0 Å². The number of hydrogen-bond donors (Lipinski definition) is 2. The maximum atomic E-state index is 13.3. The van der Waals surface area contributed by atoms with Gasteiger partial charge in [-0.05, 0) is 38.1 Å². The van der Waals surface area contributed by atoms with E-state index in [9.17, 15) is 22.8 Å². The van der Waals surface area contributed by atoms with Crippen LogP contribution in [0.1, 0.15) is 39.8 Å². The maximum Gasteiger partial charge on any atom is 0.406 e. The second-order valence-electron chi connectivity index (χ2n) is 9.40. The van der Waals surface area contributed by atoms with Crippen LogP contribution < -0.4 is 10.6 Å². The summed E-state index contributed by atoms with van der Waals surface area (Å²) in [6.45, 7) is 2.46. The van der Waals surface area contributed by atoms with Crippen LogP contribution in [0.15, 0.2) is 31.0 Å². The molecule has 0 unspecified atom stereocenters. The number of aromatic nitrogens is 4. The van der Waals surface area contributed by atoms with Crippen LogP contribution in [0.25, 0.3) is 11.0 Å². The molecule has 12 heteroatoms. The van der Waals surface area contributed by atoms with Gasteiger partial charge in [0.1, 0.15) is 17.8 Å². The van der Waals surface area contributed by atoms with E-state index in [-0.39, 0.29) is 40.8 Å². The minimum Gasteiger partial charge on any atom is -0.349 e. The molecular formula is C25H28F3N7O2. The Labute approximate surface area is 212 Å². The molecule has 1 fully saturated rings. The Kier molecular flexibility index (Phi) is 7.54. The number of nitrogens with one attached hydrogen (secondary N) is 2. The Morgan fingerprint density at radius 2 is 1.95 bits per heavy atom. The van der Waals surface area contributed by atoms with Crippen LogP contribution in [0.3, 0.4) is 0 Å². The van der Waals surface area contributed by atoms with E-state index in [4.69, 9.17) is 0 Å². The zero-order valence-electron chi connectivity index (χ0n) is 20.8. The molecule has 0 aliphatic carbocycles. The highest BCUT2D eigenvalue weighted by molar-refractivity contribution is 6.05. The lowest BCUT2D eigenvalue weighted by molar-refractivity contribution is -0.139. The van der Waals surface area contributed by atoms with Gasteiger partial charge in [-0.1, -0.05) is 18.8 Å². The van der Waals surface area contributed by atoms with Gasteiger partial charge >= 0.3 is 6.18 Å². The summed E-state index contributed by atoms with van der Waals surface area (Å²) in [7, 11) is 3.76. The molecule has 0 saturated carbocycles. The minimum atomic E-state index is -4.46. The van der Waals surface area contributed by atoms with Crippen molar-refractivity contribution in [3.8, 4) is 11.8 Å². The van der Waals surface area contributed by atoms with Crippen molar-refractivity contribution in [2.45, 2.75) is 32.1 Å². The van der Waals surface area contributed by atoms with E-state index >= 15 is 0 Å². The number of alkyl halides is 3. The third-order valence-electron chi connectivity index (χ3n) is 6.25. The number of amides is 2. The fraction of sp³-hybridized carbons (Fsp3) is 0.440. The van der Waals surface area contributed by atoms with E-state index in [1.54, 1.807) is 17.8 Å². The molecule has 0 radical (unpaired) electrons. The first kappa shape index (κ1) is 26.2. The quantitative estimate of drug-likeness (QED) is 0.508. The Bertz CT molecular complexity index is 1370. The SMILES string of the molecule is C[C@H]1CN(C)CC[C@@H]1NC(=O)c1cc(C#CCNC(=O)c2cn(C)cn2)cc2c1ncn2CC(F)(F)F. The smallest absolute Gasteiger partial charge is 0.349 e. The molecule has 2 amide bonds. The summed E-state index contributed by atoms with van der Waals surface area (Å²) in [5.41, 5.74) is 1.07. The summed E-state index contributed by atoms with van der Waals surface area (Å²) >= 11 is 0. The van der Waals surface area contributed by atoms with Crippen molar-refractivity contribution in [2.24, 2.45) is 13.0 Å². The number of piperidine rings is 1. The molecule has 4 rings (SSSR count). The van der Waals surface area contributed by atoms with Crippen LogP contribution in [0, 0.1) is 17.8 Å². The molecular weight excluding hydrogens is 487 g/mol. The average molecular weight is 516 g/mol. The average Bonchev–Trinajstić information content (AvgIpc) is 3.43. The molecule has 0 bridgehead atoms. The monoisotopic (exact) mass is 515 g/mol. The highest BCUT2D eigenvalue weighted by Gasteiger charge is 2.30. The summed E-state index contributed by atoms with van der Waals surface area (Å²) in [6, 6.07) is 2.93. The lowest BCUT2D eigenvalue weighted by Crippen LogP contribution is -2.48. The number of halogens is 3. The largest absolute Gasteiger partial charge is 0.406 e. The van der Waals surface area contributed by atoms with Gasteiger partial charge in [0, 0.05) is 31.4 Å². The molecule has 1 saturated heterocycles. The second-order valence-corrected chi connectivity index (χ2v) is 9.40. The Balaban J connectivity index is 1.59. The van der Waals surface area contributed by atoms with Crippen molar-refractivity contribution in [3.05, 3.63) is 47.8 Å². The highest BCUT2D eigenvalue weighted by Crippen LogP contribution is 2.25. The molecule has 1 aliphatic heterocycles. The molecule has 9 nitrogen and oxygen atoms in total. The molecule has 2 aromatic heterocycles. The Morgan fingerprint density at radius 3 is 2.62 bits per heavy atom. The highest BCUT2D eigenvalue weighted by atomic mass is 19.4. The number of benzene rings is 1. The van der Waals surface area contributed by atoms with E-state index in [1.807, 2.05) is 7.05 Å². The van der Waals surface area contributed by atoms with Crippen molar-refractivity contribution in [3.63, 3.8) is 0 Å². The number of rotatable bonds is 5. The van der Waals surface area contributed by atoms with Gasteiger partial charge < -0.3 is 24.7 Å². The molecule has 37 heavy (non-hydrogen) atoms. The number of aryl methyl sites for hydroxylation is 1. The molecule has 1 aliphatic rings. The number of carbonyl (C=O) groups is 2. The van der Waals surface area contributed by atoms with E-state index in [2.05, 4.69) is 44.3 Å². The van der Waals surface area contributed by atoms with Gasteiger partial charge in [-0.25, -0.2) is 9.97 Å². The molecule has 0 spiro atoms. The van der Waals surface area contributed by atoms with Crippen LogP contribution in [0.4, 0.5) is 13.2 Å². The van der Waals surface area contributed by atoms with Crippen LogP contribution in [-0.2, 0) is 13.6 Å². The van der Waals surface area contributed by atoms with E-state index in [0.717, 1.165) is 30.4 Å². The Morgan fingerprint density at radius 1 is 1.16 bits per heavy atom. The normalized spacial score (nSPS) is 18.3. The van der Waals surface area contributed by atoms with Crippen molar-refractivity contribution in [2.75, 3.05) is 26.7 Å². The molecule has 3 heterocycles. The lowest BCUT2D eigenvalue weighted by atomic mass is 9.93. The van der Waals surface area contributed by atoms with Gasteiger partial charge in [0.15, 0.2) is 0 Å². The second kappa shape index (κ2) is 10.6. The van der Waals surface area contributed by atoms with Gasteiger partial charge in [-0.2, -0.15) is 13.2 Å². The molecule has 3 aromatic rings. The van der Waals surface area contributed by atoms with E-state index < -0.39 is 24.5 Å². The predicted octanol–water partition coefficient (Wildman–Crippen LogP) is 2.18. The predicted molar refractivity (Wildman–Crippen MR) is 131 cm³/mol. The maximum absolute atomic E-state index is 13.3. The van der Waals surface area contributed by atoms with Crippen molar-refractivity contribution in [1.29, 1.82) is 0 Å².